The summed E-state index contributed by atoms with van der Waals surface area (Å²) in [6.45, 7) is -0.0410. The van der Waals surface area contributed by atoms with E-state index in [1.807, 2.05) is 0 Å². The van der Waals surface area contributed by atoms with Gasteiger partial charge in [-0.2, -0.15) is 0 Å². The Morgan fingerprint density at radius 2 is 1.97 bits per heavy atom. The van der Waals surface area contributed by atoms with Gasteiger partial charge in [-0.05, 0) is 24.3 Å². The summed E-state index contributed by atoms with van der Waals surface area (Å²) in [7, 11) is 1.30. The lowest BCUT2D eigenvalue weighted by atomic mass is 10.2. The van der Waals surface area contributed by atoms with Crippen molar-refractivity contribution in [2.24, 2.45) is 0 Å². The van der Waals surface area contributed by atoms with Gasteiger partial charge in [0.2, 0.25) is 0 Å². The molecule has 0 saturated carbocycles. The molecule has 0 aliphatic rings. The molecule has 9 heteroatoms. The second-order valence-corrected chi connectivity index (χ2v) is 6.07. The largest absolute Gasteiger partial charge is 0.490 e. The van der Waals surface area contributed by atoms with Gasteiger partial charge in [-0.25, -0.2) is 4.39 Å². The zero-order valence-electron chi connectivity index (χ0n) is 15.3. The van der Waals surface area contributed by atoms with Crippen molar-refractivity contribution in [2.45, 2.75) is 6.54 Å². The Morgan fingerprint density at radius 3 is 2.66 bits per heavy atom. The van der Waals surface area contributed by atoms with Crippen LogP contribution in [0, 0.1) is 15.9 Å². The van der Waals surface area contributed by atoms with E-state index in [1.165, 1.54) is 54.3 Å². The van der Waals surface area contributed by atoms with E-state index in [2.05, 4.69) is 5.32 Å². The van der Waals surface area contributed by atoms with Gasteiger partial charge in [0.25, 0.3) is 11.5 Å². The van der Waals surface area contributed by atoms with Crippen LogP contribution < -0.4 is 15.6 Å². The number of ether oxygens (including phenoxy) is 1. The molecule has 3 aromatic rings. The summed E-state index contributed by atoms with van der Waals surface area (Å²) in [5, 5.41) is 13.7. The molecule has 29 heavy (non-hydrogen) atoms. The summed E-state index contributed by atoms with van der Waals surface area (Å²) in [6, 6.07) is 12.5. The number of nitrogens with one attached hydrogen (secondary N) is 1. The highest BCUT2D eigenvalue weighted by Gasteiger charge is 2.17. The maximum Gasteiger partial charge on any atom is 0.312 e. The Bertz CT molecular complexity index is 1140. The Labute approximate surface area is 164 Å². The van der Waals surface area contributed by atoms with Crippen LogP contribution in [-0.4, -0.2) is 22.5 Å². The molecule has 2 aromatic carbocycles. The minimum absolute atomic E-state index is 0.0410. The zero-order chi connectivity index (χ0) is 21.0. The summed E-state index contributed by atoms with van der Waals surface area (Å²) in [4.78, 5) is 35.1. The Kier molecular flexibility index (Phi) is 5.68. The fourth-order valence-electron chi connectivity index (χ4n) is 2.71. The molecule has 3 rings (SSSR count). The standard InChI is InChI=1S/C20H16FN3O5/c1-29-18-8-7-15(10-17(18)24(27)28)22-20(26)14-6-9-19(25)23(12-14)11-13-4-2-3-5-16(13)21/h2-10,12H,11H2,1H3,(H,22,26). The van der Waals surface area contributed by atoms with E-state index >= 15 is 0 Å². The number of amides is 1. The number of pyridine rings is 1. The number of methoxy groups -OCH3 is 1. The van der Waals surface area contributed by atoms with Crippen LogP contribution in [0.1, 0.15) is 15.9 Å². The van der Waals surface area contributed by atoms with Crippen LogP contribution in [0.3, 0.4) is 0 Å². The van der Waals surface area contributed by atoms with E-state index in [1.54, 1.807) is 18.2 Å². The van der Waals surface area contributed by atoms with Crippen molar-refractivity contribution in [3.63, 3.8) is 0 Å². The first-order chi connectivity index (χ1) is 13.9. The fourth-order valence-corrected chi connectivity index (χ4v) is 2.71. The van der Waals surface area contributed by atoms with Crippen molar-refractivity contribution < 1.29 is 18.8 Å². The highest BCUT2D eigenvalue weighted by Crippen LogP contribution is 2.29. The molecule has 8 nitrogen and oxygen atoms in total. The summed E-state index contributed by atoms with van der Waals surface area (Å²) < 4.78 is 20.0. The van der Waals surface area contributed by atoms with Crippen molar-refractivity contribution in [1.29, 1.82) is 0 Å². The lowest BCUT2D eigenvalue weighted by molar-refractivity contribution is -0.385. The van der Waals surface area contributed by atoms with Crippen LogP contribution in [0.4, 0.5) is 15.8 Å². The number of halogens is 1. The molecule has 1 heterocycles. The van der Waals surface area contributed by atoms with Crippen LogP contribution in [0.15, 0.2) is 65.6 Å². The van der Waals surface area contributed by atoms with Gasteiger partial charge in [-0.1, -0.05) is 18.2 Å². The molecule has 0 aliphatic carbocycles. The van der Waals surface area contributed by atoms with Crippen molar-refractivity contribution in [3.05, 3.63) is 98.2 Å². The third kappa shape index (κ3) is 4.46. The van der Waals surface area contributed by atoms with Gasteiger partial charge >= 0.3 is 5.69 Å². The van der Waals surface area contributed by atoms with E-state index in [0.717, 1.165) is 0 Å². The average Bonchev–Trinajstić information content (AvgIpc) is 2.71. The van der Waals surface area contributed by atoms with Gasteiger partial charge in [0.05, 0.1) is 24.1 Å². The molecule has 1 amide bonds. The first-order valence-electron chi connectivity index (χ1n) is 8.46. The topological polar surface area (TPSA) is 103 Å². The molecular formula is C20H16FN3O5. The Balaban J connectivity index is 1.85. The van der Waals surface area contributed by atoms with Crippen molar-refractivity contribution in [2.75, 3.05) is 12.4 Å². The molecule has 1 N–H and O–H groups in total. The smallest absolute Gasteiger partial charge is 0.312 e. The first-order valence-corrected chi connectivity index (χ1v) is 8.46. The number of carbonyl (C=O) groups is 1. The number of benzene rings is 2. The number of anilines is 1. The number of rotatable bonds is 6. The highest BCUT2D eigenvalue weighted by molar-refractivity contribution is 6.04. The van der Waals surface area contributed by atoms with Crippen LogP contribution in [0.2, 0.25) is 0 Å². The molecule has 0 bridgehead atoms. The van der Waals surface area contributed by atoms with Gasteiger partial charge in [-0.3, -0.25) is 19.7 Å². The average molecular weight is 397 g/mol. The number of nitro benzene ring substituents is 1. The van der Waals surface area contributed by atoms with Gasteiger partial charge < -0.3 is 14.6 Å². The number of nitro groups is 1. The molecule has 0 radical (unpaired) electrons. The number of carbonyl (C=O) groups excluding carboxylic acids is 1. The van der Waals surface area contributed by atoms with Crippen LogP contribution >= 0.6 is 0 Å². The summed E-state index contributed by atoms with van der Waals surface area (Å²) in [5.74, 6) is -0.974. The van der Waals surface area contributed by atoms with E-state index in [9.17, 15) is 24.1 Å². The lowest BCUT2D eigenvalue weighted by Gasteiger charge is -2.10. The first kappa shape index (κ1) is 19.7. The maximum atomic E-state index is 13.9. The van der Waals surface area contributed by atoms with Gasteiger partial charge in [-0.15, -0.1) is 0 Å². The lowest BCUT2D eigenvalue weighted by Crippen LogP contribution is -2.23. The molecule has 0 saturated heterocycles. The molecule has 0 unspecified atom stereocenters. The third-order valence-corrected chi connectivity index (χ3v) is 4.18. The quantitative estimate of drug-likeness (QED) is 0.508. The summed E-state index contributed by atoms with van der Waals surface area (Å²) >= 11 is 0. The fraction of sp³-hybridized carbons (Fsp3) is 0.100. The minimum Gasteiger partial charge on any atom is -0.490 e. The third-order valence-electron chi connectivity index (χ3n) is 4.18. The molecule has 0 atom stereocenters. The summed E-state index contributed by atoms with van der Waals surface area (Å²) in [5.41, 5.74) is -0.0635. The molecule has 148 valence electrons. The number of hydrogen-bond donors (Lipinski definition) is 1. The van der Waals surface area contributed by atoms with Gasteiger partial charge in [0.1, 0.15) is 5.82 Å². The molecule has 0 aliphatic heterocycles. The number of aromatic nitrogens is 1. The van der Waals surface area contributed by atoms with E-state index in [4.69, 9.17) is 4.74 Å². The molecular weight excluding hydrogens is 381 g/mol. The molecule has 1 aromatic heterocycles. The van der Waals surface area contributed by atoms with Crippen molar-refractivity contribution >= 4 is 17.3 Å². The SMILES string of the molecule is COc1ccc(NC(=O)c2ccc(=O)n(Cc3ccccc3F)c2)cc1[N+](=O)[O-]. The Hall–Kier alpha value is -4.01. The van der Waals surface area contributed by atoms with E-state index < -0.39 is 22.2 Å². The maximum absolute atomic E-state index is 13.9. The summed E-state index contributed by atoms with van der Waals surface area (Å²) in [6.07, 6.45) is 1.31. The predicted octanol–water partition coefficient (Wildman–Crippen LogP) is 3.20. The van der Waals surface area contributed by atoms with E-state index in [0.29, 0.717) is 5.56 Å². The highest BCUT2D eigenvalue weighted by atomic mass is 19.1. The molecule has 0 fully saturated rings. The predicted molar refractivity (Wildman–Crippen MR) is 104 cm³/mol. The van der Waals surface area contributed by atoms with Crippen LogP contribution in [0.5, 0.6) is 5.75 Å². The van der Waals surface area contributed by atoms with Gasteiger partial charge in [0, 0.05) is 29.6 Å². The minimum atomic E-state index is -0.622. The van der Waals surface area contributed by atoms with Crippen molar-refractivity contribution in [3.8, 4) is 5.75 Å². The monoisotopic (exact) mass is 397 g/mol. The normalized spacial score (nSPS) is 10.4. The van der Waals surface area contributed by atoms with E-state index in [-0.39, 0.29) is 29.2 Å². The second kappa shape index (κ2) is 8.34. The Morgan fingerprint density at radius 1 is 1.21 bits per heavy atom. The number of hydrogen-bond acceptors (Lipinski definition) is 5. The zero-order valence-corrected chi connectivity index (χ0v) is 15.3. The van der Waals surface area contributed by atoms with Crippen molar-refractivity contribution in [1.82, 2.24) is 4.57 Å². The van der Waals surface area contributed by atoms with Crippen LogP contribution in [0.25, 0.3) is 0 Å². The van der Waals surface area contributed by atoms with Gasteiger partial charge in [0.15, 0.2) is 5.75 Å². The number of nitrogens with zero attached hydrogens (tertiary/aromatic N) is 2. The van der Waals surface area contributed by atoms with Crippen LogP contribution in [-0.2, 0) is 6.54 Å². The molecule has 0 spiro atoms. The second-order valence-electron chi connectivity index (χ2n) is 6.07.